The van der Waals surface area contributed by atoms with Gasteiger partial charge >= 0.3 is 5.97 Å². The number of nitrogens with one attached hydrogen (secondary N) is 1. The first kappa shape index (κ1) is 16.9. The Balaban J connectivity index is 1.85. The second-order valence-electron chi connectivity index (χ2n) is 4.19. The molecule has 0 fully saturated rings. The highest BCUT2D eigenvalue weighted by Crippen LogP contribution is 2.29. The lowest BCUT2D eigenvalue weighted by Gasteiger charge is -2.06. The van der Waals surface area contributed by atoms with Crippen LogP contribution in [0, 0.1) is 0 Å². The average Bonchev–Trinajstić information content (AvgIpc) is 3.11. The van der Waals surface area contributed by atoms with E-state index in [2.05, 4.69) is 15.5 Å². The molecule has 0 saturated carbocycles. The molecule has 1 unspecified atom stereocenters. The molecule has 1 amide bonds. The summed E-state index contributed by atoms with van der Waals surface area (Å²) < 4.78 is 5.55. The molecule has 2 aromatic rings. The van der Waals surface area contributed by atoms with Gasteiger partial charge in [0.2, 0.25) is 11.0 Å². The molecule has 2 aromatic heterocycles. The second-order valence-corrected chi connectivity index (χ2v) is 7.79. The zero-order valence-electron chi connectivity index (χ0n) is 12.1. The van der Waals surface area contributed by atoms with Crippen molar-refractivity contribution in [3.63, 3.8) is 0 Å². The van der Waals surface area contributed by atoms with Crippen LogP contribution in [-0.4, -0.2) is 33.9 Å². The van der Waals surface area contributed by atoms with Gasteiger partial charge in [-0.15, -0.1) is 21.5 Å². The van der Waals surface area contributed by atoms with Gasteiger partial charge in [-0.2, -0.15) is 0 Å². The molecule has 0 radical (unpaired) electrons. The van der Waals surface area contributed by atoms with Gasteiger partial charge in [0.05, 0.1) is 13.0 Å². The third-order valence-corrected chi connectivity index (χ3v) is 5.34. The van der Waals surface area contributed by atoms with Crippen molar-refractivity contribution in [1.82, 2.24) is 10.2 Å². The molecule has 9 heteroatoms. The van der Waals surface area contributed by atoms with Gasteiger partial charge in [0.15, 0.2) is 4.34 Å². The van der Waals surface area contributed by atoms with Crippen molar-refractivity contribution in [2.24, 2.45) is 0 Å². The Hall–Kier alpha value is -1.45. The van der Waals surface area contributed by atoms with Gasteiger partial charge in [0, 0.05) is 4.88 Å². The molecule has 0 aliphatic carbocycles. The molecule has 1 atom stereocenters. The Labute approximate surface area is 140 Å². The lowest BCUT2D eigenvalue weighted by atomic mass is 10.3. The van der Waals surface area contributed by atoms with Gasteiger partial charge in [-0.1, -0.05) is 29.2 Å². The standard InChI is InChI=1S/C13H15N3O3S3/c1-3-19-11(18)8(2)21-13-16-15-12(22-13)14-10(17)7-9-5-4-6-20-9/h4-6,8H,3,7H2,1-2H3,(H,14,15,17). The SMILES string of the molecule is CCOC(=O)C(C)Sc1nnc(NC(=O)Cc2cccs2)s1. The van der Waals surface area contributed by atoms with E-state index in [-0.39, 0.29) is 17.1 Å². The average molecular weight is 357 g/mol. The van der Waals surface area contributed by atoms with Crippen LogP contribution in [0.4, 0.5) is 5.13 Å². The van der Waals surface area contributed by atoms with E-state index in [1.807, 2.05) is 17.5 Å². The first-order valence-electron chi connectivity index (χ1n) is 6.57. The van der Waals surface area contributed by atoms with E-state index in [9.17, 15) is 9.59 Å². The highest BCUT2D eigenvalue weighted by molar-refractivity contribution is 8.02. The van der Waals surface area contributed by atoms with E-state index in [0.29, 0.717) is 22.5 Å². The van der Waals surface area contributed by atoms with Gasteiger partial charge < -0.3 is 10.1 Å². The summed E-state index contributed by atoms with van der Waals surface area (Å²) in [5.74, 6) is -0.417. The monoisotopic (exact) mass is 357 g/mol. The maximum absolute atomic E-state index is 11.9. The summed E-state index contributed by atoms with van der Waals surface area (Å²) in [6, 6.07) is 3.82. The van der Waals surface area contributed by atoms with Gasteiger partial charge in [-0.3, -0.25) is 9.59 Å². The molecule has 6 nitrogen and oxygen atoms in total. The highest BCUT2D eigenvalue weighted by atomic mass is 32.2. The number of thiophene rings is 1. The summed E-state index contributed by atoms with van der Waals surface area (Å²) in [6.45, 7) is 3.87. The minimum atomic E-state index is -0.359. The van der Waals surface area contributed by atoms with Crippen LogP contribution in [-0.2, 0) is 20.7 Å². The number of rotatable bonds is 7. The van der Waals surface area contributed by atoms with E-state index in [4.69, 9.17) is 4.74 Å². The fourth-order valence-electron chi connectivity index (χ4n) is 1.50. The molecule has 2 heterocycles. The number of esters is 1. The second kappa shape index (κ2) is 8.25. The van der Waals surface area contributed by atoms with Crippen LogP contribution in [0.2, 0.25) is 0 Å². The Kier molecular flexibility index (Phi) is 6.34. The summed E-state index contributed by atoms with van der Waals surface area (Å²) in [4.78, 5) is 24.4. The summed E-state index contributed by atoms with van der Waals surface area (Å²) in [5.41, 5.74) is 0. The number of amides is 1. The Morgan fingerprint density at radius 3 is 2.95 bits per heavy atom. The topological polar surface area (TPSA) is 81.2 Å². The normalized spacial score (nSPS) is 11.9. The number of nitrogens with zero attached hydrogens (tertiary/aromatic N) is 2. The third-order valence-electron chi connectivity index (χ3n) is 2.46. The van der Waals surface area contributed by atoms with Crippen LogP contribution in [0.1, 0.15) is 18.7 Å². The van der Waals surface area contributed by atoms with E-state index in [1.165, 1.54) is 34.4 Å². The van der Waals surface area contributed by atoms with Crippen LogP contribution in [0.25, 0.3) is 0 Å². The summed E-state index contributed by atoms with van der Waals surface area (Å²) in [7, 11) is 0. The summed E-state index contributed by atoms with van der Waals surface area (Å²) in [5, 5.41) is 12.6. The number of aromatic nitrogens is 2. The molecule has 0 spiro atoms. The molecule has 0 aromatic carbocycles. The van der Waals surface area contributed by atoms with Crippen molar-refractivity contribution >= 4 is 51.4 Å². The highest BCUT2D eigenvalue weighted by Gasteiger charge is 2.18. The smallest absolute Gasteiger partial charge is 0.319 e. The lowest BCUT2D eigenvalue weighted by molar-refractivity contribution is -0.142. The number of hydrogen-bond acceptors (Lipinski definition) is 8. The molecule has 22 heavy (non-hydrogen) atoms. The van der Waals surface area contributed by atoms with E-state index >= 15 is 0 Å². The molecule has 118 valence electrons. The molecule has 0 saturated heterocycles. The van der Waals surface area contributed by atoms with Gasteiger partial charge in [0.25, 0.3) is 0 Å². The van der Waals surface area contributed by atoms with E-state index in [1.54, 1.807) is 13.8 Å². The Morgan fingerprint density at radius 2 is 2.27 bits per heavy atom. The molecule has 0 aliphatic rings. The molecule has 1 N–H and O–H groups in total. The quantitative estimate of drug-likeness (QED) is 0.466. The van der Waals surface area contributed by atoms with Gasteiger partial charge in [-0.05, 0) is 25.3 Å². The minimum Gasteiger partial charge on any atom is -0.465 e. The Bertz CT molecular complexity index is 628. The van der Waals surface area contributed by atoms with Crippen molar-refractivity contribution < 1.29 is 14.3 Å². The van der Waals surface area contributed by atoms with Crippen LogP contribution in [0.3, 0.4) is 0 Å². The first-order valence-corrected chi connectivity index (χ1v) is 9.15. The van der Waals surface area contributed by atoms with Crippen LogP contribution in [0.5, 0.6) is 0 Å². The van der Waals surface area contributed by atoms with Gasteiger partial charge in [-0.25, -0.2) is 0 Å². The zero-order chi connectivity index (χ0) is 15.9. The molecule has 2 rings (SSSR count). The van der Waals surface area contributed by atoms with Crippen molar-refractivity contribution in [3.05, 3.63) is 22.4 Å². The molecule has 0 bridgehead atoms. The Morgan fingerprint density at radius 1 is 1.45 bits per heavy atom. The first-order chi connectivity index (χ1) is 10.6. The minimum absolute atomic E-state index is 0.131. The van der Waals surface area contributed by atoms with Crippen molar-refractivity contribution in [1.29, 1.82) is 0 Å². The number of thioether (sulfide) groups is 1. The molecule has 0 aliphatic heterocycles. The predicted molar refractivity (Wildman–Crippen MR) is 88.5 cm³/mol. The number of ether oxygens (including phenoxy) is 1. The van der Waals surface area contributed by atoms with Crippen molar-refractivity contribution in [3.8, 4) is 0 Å². The lowest BCUT2D eigenvalue weighted by Crippen LogP contribution is -2.16. The zero-order valence-corrected chi connectivity index (χ0v) is 14.5. The number of anilines is 1. The van der Waals surface area contributed by atoms with E-state index < -0.39 is 0 Å². The molecular weight excluding hydrogens is 342 g/mol. The van der Waals surface area contributed by atoms with Crippen molar-refractivity contribution in [2.75, 3.05) is 11.9 Å². The summed E-state index contributed by atoms with van der Waals surface area (Å²) >= 11 is 4.04. The number of carbonyl (C=O) groups is 2. The van der Waals surface area contributed by atoms with Crippen LogP contribution in [0.15, 0.2) is 21.9 Å². The van der Waals surface area contributed by atoms with Crippen molar-refractivity contribution in [2.45, 2.75) is 29.9 Å². The molecular formula is C13H15N3O3S3. The predicted octanol–water partition coefficient (Wildman–Crippen LogP) is 2.82. The fourth-order valence-corrected chi connectivity index (χ4v) is 4.12. The maximum atomic E-state index is 11.9. The summed E-state index contributed by atoms with van der Waals surface area (Å²) in [6.07, 6.45) is 0.318. The van der Waals surface area contributed by atoms with Crippen LogP contribution >= 0.6 is 34.4 Å². The third kappa shape index (κ3) is 5.08. The fraction of sp³-hybridized carbons (Fsp3) is 0.385. The number of hydrogen-bond donors (Lipinski definition) is 1. The number of carbonyl (C=O) groups excluding carboxylic acids is 2. The maximum Gasteiger partial charge on any atom is 0.319 e. The largest absolute Gasteiger partial charge is 0.465 e. The van der Waals surface area contributed by atoms with Gasteiger partial charge in [0.1, 0.15) is 5.25 Å². The van der Waals surface area contributed by atoms with Crippen LogP contribution < -0.4 is 5.32 Å². The van der Waals surface area contributed by atoms with E-state index in [0.717, 1.165) is 4.88 Å².